The van der Waals surface area contributed by atoms with Crippen molar-refractivity contribution in [2.24, 2.45) is 0 Å². The van der Waals surface area contributed by atoms with E-state index in [9.17, 15) is 4.79 Å². The van der Waals surface area contributed by atoms with E-state index >= 15 is 0 Å². The summed E-state index contributed by atoms with van der Waals surface area (Å²) in [5.74, 6) is 1.78. The number of ether oxygens (including phenoxy) is 2. The number of rotatable bonds is 7. The smallest absolute Gasteiger partial charge is 0.226 e. The number of methoxy groups -OCH3 is 1. The van der Waals surface area contributed by atoms with Crippen LogP contribution in [0.5, 0.6) is 11.5 Å². The average Bonchev–Trinajstić information content (AvgIpc) is 3.42. The van der Waals surface area contributed by atoms with Crippen LogP contribution in [0.1, 0.15) is 43.2 Å². The third kappa shape index (κ3) is 3.60. The number of amides is 1. The molecule has 5 rings (SSSR count). The number of hydrogen-bond donors (Lipinski definition) is 1. The lowest BCUT2D eigenvalue weighted by Crippen LogP contribution is -2.25. The Hall–Kier alpha value is -3.39. The molecular formula is C24H24N4O3S. The van der Waals surface area contributed by atoms with Crippen molar-refractivity contribution in [2.75, 3.05) is 19.0 Å². The minimum absolute atomic E-state index is 0.0623. The van der Waals surface area contributed by atoms with Crippen LogP contribution < -0.4 is 14.8 Å². The Bertz CT molecular complexity index is 1250. The summed E-state index contributed by atoms with van der Waals surface area (Å²) in [5.41, 5.74) is 2.78. The number of hydrogen-bond acceptors (Lipinski definition) is 6. The molecule has 1 aliphatic rings. The molecule has 1 atom stereocenters. The molecule has 8 heteroatoms. The van der Waals surface area contributed by atoms with Crippen LogP contribution in [0.3, 0.4) is 0 Å². The van der Waals surface area contributed by atoms with Crippen LogP contribution >= 0.6 is 11.3 Å². The Labute approximate surface area is 190 Å². The van der Waals surface area contributed by atoms with Crippen LogP contribution in [0.4, 0.5) is 5.82 Å². The summed E-state index contributed by atoms with van der Waals surface area (Å²) < 4.78 is 14.5. The first kappa shape index (κ1) is 20.5. The quantitative estimate of drug-likeness (QED) is 0.396. The van der Waals surface area contributed by atoms with Gasteiger partial charge in [0.15, 0.2) is 11.5 Å². The van der Waals surface area contributed by atoms with Gasteiger partial charge in [-0.25, -0.2) is 4.98 Å². The molecule has 3 heterocycles. The molecular weight excluding hydrogens is 424 g/mol. The molecule has 7 nitrogen and oxygen atoms in total. The Kier molecular flexibility index (Phi) is 5.53. The summed E-state index contributed by atoms with van der Waals surface area (Å²) in [6.45, 7) is 2.72. The third-order valence-corrected chi connectivity index (χ3v) is 6.64. The SMILES string of the molecule is CCCCOc1c(OC)cccc1[C@@H]1CC(=O)Nc2c1cnn2-c1nc2ccccc2s1. The second kappa shape index (κ2) is 8.63. The first-order chi connectivity index (χ1) is 15.7. The van der Waals surface area contributed by atoms with Crippen molar-refractivity contribution in [3.8, 4) is 16.6 Å². The van der Waals surface area contributed by atoms with Gasteiger partial charge in [0.05, 0.1) is 30.1 Å². The molecule has 0 spiro atoms. The number of thiazole rings is 1. The fourth-order valence-electron chi connectivity index (χ4n) is 4.03. The lowest BCUT2D eigenvalue weighted by atomic mass is 9.86. The monoisotopic (exact) mass is 448 g/mol. The molecule has 0 aliphatic carbocycles. The number of carbonyl (C=O) groups excluding carboxylic acids is 1. The van der Waals surface area contributed by atoms with Crippen molar-refractivity contribution < 1.29 is 14.3 Å². The van der Waals surface area contributed by atoms with Gasteiger partial charge in [0.1, 0.15) is 5.82 Å². The highest BCUT2D eigenvalue weighted by atomic mass is 32.1. The number of benzene rings is 2. The Balaban J connectivity index is 1.58. The molecule has 2 aromatic carbocycles. The predicted octanol–water partition coefficient (Wildman–Crippen LogP) is 5.14. The zero-order valence-electron chi connectivity index (χ0n) is 18.0. The zero-order valence-corrected chi connectivity index (χ0v) is 18.8. The van der Waals surface area contributed by atoms with Gasteiger partial charge in [0.25, 0.3) is 0 Å². The highest BCUT2D eigenvalue weighted by molar-refractivity contribution is 7.20. The van der Waals surface area contributed by atoms with Crippen molar-refractivity contribution >= 4 is 33.3 Å². The topological polar surface area (TPSA) is 78.3 Å². The third-order valence-electron chi connectivity index (χ3n) is 5.63. The number of anilines is 1. The van der Waals surface area contributed by atoms with Gasteiger partial charge in [-0.3, -0.25) is 4.79 Å². The molecule has 0 bridgehead atoms. The fourth-order valence-corrected chi connectivity index (χ4v) is 4.96. The van der Waals surface area contributed by atoms with Gasteiger partial charge >= 0.3 is 0 Å². The van der Waals surface area contributed by atoms with E-state index in [0.717, 1.165) is 39.3 Å². The van der Waals surface area contributed by atoms with Gasteiger partial charge in [-0.05, 0) is 24.6 Å². The van der Waals surface area contributed by atoms with Gasteiger partial charge in [-0.1, -0.05) is 48.9 Å². The summed E-state index contributed by atoms with van der Waals surface area (Å²) in [6, 6.07) is 13.8. The van der Waals surface area contributed by atoms with Crippen LogP contribution in [-0.4, -0.2) is 34.4 Å². The summed E-state index contributed by atoms with van der Waals surface area (Å²) in [6.07, 6.45) is 4.12. The fraction of sp³-hybridized carbons (Fsp3) is 0.292. The number of aromatic nitrogens is 3. The number of nitrogens with zero attached hydrogens (tertiary/aromatic N) is 3. The van der Waals surface area contributed by atoms with E-state index < -0.39 is 0 Å². The molecule has 0 saturated heterocycles. The molecule has 1 amide bonds. The highest BCUT2D eigenvalue weighted by Gasteiger charge is 2.33. The van der Waals surface area contributed by atoms with E-state index in [1.54, 1.807) is 23.1 Å². The molecule has 1 aliphatic heterocycles. The minimum Gasteiger partial charge on any atom is -0.493 e. The summed E-state index contributed by atoms with van der Waals surface area (Å²) in [4.78, 5) is 17.5. The molecule has 2 aromatic heterocycles. The molecule has 4 aromatic rings. The van der Waals surface area contributed by atoms with Crippen LogP contribution in [0, 0.1) is 0 Å². The number of fused-ring (bicyclic) bond motifs is 2. The van der Waals surface area contributed by atoms with Crippen LogP contribution in [0.15, 0.2) is 48.7 Å². The molecule has 164 valence electrons. The maximum Gasteiger partial charge on any atom is 0.226 e. The Morgan fingerprint density at radius 3 is 2.88 bits per heavy atom. The predicted molar refractivity (Wildman–Crippen MR) is 125 cm³/mol. The molecule has 32 heavy (non-hydrogen) atoms. The van der Waals surface area contributed by atoms with Crippen LogP contribution in [0.25, 0.3) is 15.3 Å². The van der Waals surface area contributed by atoms with E-state index in [4.69, 9.17) is 14.5 Å². The number of nitrogens with one attached hydrogen (secondary N) is 1. The average molecular weight is 449 g/mol. The normalized spacial score (nSPS) is 15.4. The molecule has 0 unspecified atom stereocenters. The van der Waals surface area contributed by atoms with Crippen molar-refractivity contribution in [1.29, 1.82) is 0 Å². The Morgan fingerprint density at radius 1 is 1.19 bits per heavy atom. The van der Waals surface area contributed by atoms with Gasteiger partial charge in [-0.15, -0.1) is 0 Å². The summed E-state index contributed by atoms with van der Waals surface area (Å²) in [7, 11) is 1.63. The molecule has 0 fully saturated rings. The highest BCUT2D eigenvalue weighted by Crippen LogP contribution is 2.45. The second-order valence-corrected chi connectivity index (χ2v) is 8.72. The van der Waals surface area contributed by atoms with Crippen molar-refractivity contribution in [2.45, 2.75) is 32.1 Å². The summed E-state index contributed by atoms with van der Waals surface area (Å²) >= 11 is 1.54. The van der Waals surface area contributed by atoms with Crippen molar-refractivity contribution in [3.63, 3.8) is 0 Å². The summed E-state index contributed by atoms with van der Waals surface area (Å²) in [5, 5.41) is 8.33. The largest absolute Gasteiger partial charge is 0.493 e. The van der Waals surface area contributed by atoms with E-state index in [0.29, 0.717) is 30.3 Å². The Morgan fingerprint density at radius 2 is 2.06 bits per heavy atom. The van der Waals surface area contributed by atoms with Gasteiger partial charge < -0.3 is 14.8 Å². The van der Waals surface area contributed by atoms with Gasteiger partial charge in [0.2, 0.25) is 11.0 Å². The van der Waals surface area contributed by atoms with Crippen molar-refractivity contribution in [3.05, 3.63) is 59.8 Å². The van der Waals surface area contributed by atoms with E-state index in [1.165, 1.54) is 0 Å². The standard InChI is InChI=1S/C24H24N4O3S/c1-3-4-12-31-22-15(8-7-10-19(22)30-2)16-13-21(29)27-23-17(16)14-25-28(23)24-26-18-9-5-6-11-20(18)32-24/h5-11,14,16H,3-4,12-13H2,1-2H3,(H,27,29)/t16-/m0/s1. The first-order valence-electron chi connectivity index (χ1n) is 10.7. The van der Waals surface area contributed by atoms with E-state index in [1.807, 2.05) is 48.7 Å². The molecule has 0 saturated carbocycles. The lowest BCUT2D eigenvalue weighted by Gasteiger charge is -2.26. The van der Waals surface area contributed by atoms with Gasteiger partial charge in [-0.2, -0.15) is 9.78 Å². The molecule has 0 radical (unpaired) electrons. The lowest BCUT2D eigenvalue weighted by molar-refractivity contribution is -0.116. The maximum absolute atomic E-state index is 12.7. The van der Waals surface area contributed by atoms with Crippen LogP contribution in [0.2, 0.25) is 0 Å². The van der Waals surface area contributed by atoms with Gasteiger partial charge in [0, 0.05) is 23.5 Å². The second-order valence-electron chi connectivity index (χ2n) is 7.71. The van der Waals surface area contributed by atoms with E-state index in [2.05, 4.69) is 17.3 Å². The zero-order chi connectivity index (χ0) is 22.1. The number of carbonyl (C=O) groups is 1. The first-order valence-corrected chi connectivity index (χ1v) is 11.5. The number of unbranched alkanes of at least 4 members (excludes halogenated alkanes) is 1. The maximum atomic E-state index is 12.7. The van der Waals surface area contributed by atoms with Crippen LogP contribution in [-0.2, 0) is 4.79 Å². The van der Waals surface area contributed by atoms with E-state index in [-0.39, 0.29) is 11.8 Å². The number of para-hydroxylation sites is 2. The van der Waals surface area contributed by atoms with Crippen molar-refractivity contribution in [1.82, 2.24) is 14.8 Å². The minimum atomic E-state index is -0.186. The molecule has 1 N–H and O–H groups in total.